The molecule has 0 bridgehead atoms. The van der Waals surface area contributed by atoms with Gasteiger partial charge in [0, 0.05) is 13.1 Å². The standard InChI is InChI=1S/C20H25N3O4/c1-13(16-7-8-17(26-2)18(10-16)27-3)23-20(25)19(24)22-12-15-6-4-5-14(9-15)11-21/h4-10,13H,11-12,21H2,1-3H3,(H,22,24)(H,23,25). The van der Waals surface area contributed by atoms with Crippen LogP contribution in [0.2, 0.25) is 0 Å². The Labute approximate surface area is 158 Å². The number of nitrogens with one attached hydrogen (secondary N) is 2. The number of rotatable bonds is 7. The average molecular weight is 371 g/mol. The van der Waals surface area contributed by atoms with Crippen LogP contribution in [0.25, 0.3) is 0 Å². The Balaban J connectivity index is 1.94. The number of methoxy groups -OCH3 is 2. The lowest BCUT2D eigenvalue weighted by atomic mass is 10.1. The van der Waals surface area contributed by atoms with Crippen molar-refractivity contribution in [3.63, 3.8) is 0 Å². The van der Waals surface area contributed by atoms with Crippen molar-refractivity contribution in [1.82, 2.24) is 10.6 Å². The van der Waals surface area contributed by atoms with E-state index in [1.807, 2.05) is 30.3 Å². The van der Waals surface area contributed by atoms with Gasteiger partial charge in [-0.15, -0.1) is 0 Å². The largest absolute Gasteiger partial charge is 0.493 e. The summed E-state index contributed by atoms with van der Waals surface area (Å²) in [6.07, 6.45) is 0. The SMILES string of the molecule is COc1ccc(C(C)NC(=O)C(=O)NCc2cccc(CN)c2)cc1OC. The summed E-state index contributed by atoms with van der Waals surface area (Å²) in [7, 11) is 3.09. The molecule has 7 nitrogen and oxygen atoms in total. The fourth-order valence-corrected chi connectivity index (χ4v) is 2.60. The zero-order valence-corrected chi connectivity index (χ0v) is 15.7. The van der Waals surface area contributed by atoms with Gasteiger partial charge in [-0.1, -0.05) is 30.3 Å². The molecule has 0 fully saturated rings. The van der Waals surface area contributed by atoms with E-state index in [9.17, 15) is 9.59 Å². The Kier molecular flexibility index (Phi) is 7.19. The lowest BCUT2D eigenvalue weighted by molar-refractivity contribution is -0.139. The van der Waals surface area contributed by atoms with Gasteiger partial charge in [-0.2, -0.15) is 0 Å². The van der Waals surface area contributed by atoms with Crippen molar-refractivity contribution in [2.45, 2.75) is 26.1 Å². The van der Waals surface area contributed by atoms with Crippen molar-refractivity contribution in [2.75, 3.05) is 14.2 Å². The Hall–Kier alpha value is -3.06. The van der Waals surface area contributed by atoms with E-state index in [-0.39, 0.29) is 12.6 Å². The maximum atomic E-state index is 12.1. The monoisotopic (exact) mass is 371 g/mol. The molecule has 4 N–H and O–H groups in total. The minimum absolute atomic E-state index is 0.255. The van der Waals surface area contributed by atoms with Gasteiger partial charge < -0.3 is 25.8 Å². The Morgan fingerprint density at radius 3 is 2.37 bits per heavy atom. The maximum Gasteiger partial charge on any atom is 0.309 e. The second-order valence-electron chi connectivity index (χ2n) is 6.02. The van der Waals surface area contributed by atoms with Crippen LogP contribution in [-0.2, 0) is 22.7 Å². The Morgan fingerprint density at radius 1 is 1.00 bits per heavy atom. The molecule has 7 heteroatoms. The van der Waals surface area contributed by atoms with E-state index in [1.165, 1.54) is 7.11 Å². The van der Waals surface area contributed by atoms with E-state index in [0.29, 0.717) is 18.0 Å². The number of hydrogen-bond acceptors (Lipinski definition) is 5. The zero-order valence-electron chi connectivity index (χ0n) is 15.7. The van der Waals surface area contributed by atoms with E-state index in [0.717, 1.165) is 16.7 Å². The van der Waals surface area contributed by atoms with Gasteiger partial charge >= 0.3 is 11.8 Å². The molecule has 0 aromatic heterocycles. The third kappa shape index (κ3) is 5.46. The maximum absolute atomic E-state index is 12.1. The van der Waals surface area contributed by atoms with Crippen molar-refractivity contribution in [2.24, 2.45) is 5.73 Å². The number of amides is 2. The van der Waals surface area contributed by atoms with Gasteiger partial charge in [-0.3, -0.25) is 9.59 Å². The van der Waals surface area contributed by atoms with E-state index >= 15 is 0 Å². The van der Waals surface area contributed by atoms with Gasteiger partial charge in [-0.05, 0) is 35.7 Å². The van der Waals surface area contributed by atoms with Crippen LogP contribution in [0.4, 0.5) is 0 Å². The van der Waals surface area contributed by atoms with Gasteiger partial charge in [0.2, 0.25) is 0 Å². The lowest BCUT2D eigenvalue weighted by Gasteiger charge is -2.16. The summed E-state index contributed by atoms with van der Waals surface area (Å²) in [6, 6.07) is 12.5. The third-order valence-corrected chi connectivity index (χ3v) is 4.14. The zero-order chi connectivity index (χ0) is 19.8. The van der Waals surface area contributed by atoms with Crippen LogP contribution in [0.5, 0.6) is 11.5 Å². The van der Waals surface area contributed by atoms with E-state index < -0.39 is 11.8 Å². The first-order valence-electron chi connectivity index (χ1n) is 8.57. The molecule has 2 amide bonds. The predicted molar refractivity (Wildman–Crippen MR) is 102 cm³/mol. The molecule has 2 aromatic rings. The summed E-state index contributed by atoms with van der Waals surface area (Å²) < 4.78 is 10.5. The van der Waals surface area contributed by atoms with Gasteiger partial charge in [0.1, 0.15) is 0 Å². The van der Waals surface area contributed by atoms with Crippen LogP contribution < -0.4 is 25.8 Å². The molecule has 0 radical (unpaired) electrons. The molecule has 2 aromatic carbocycles. The molecular weight excluding hydrogens is 346 g/mol. The van der Waals surface area contributed by atoms with Crippen LogP contribution in [0.3, 0.4) is 0 Å². The first-order valence-corrected chi connectivity index (χ1v) is 8.57. The number of benzene rings is 2. The highest BCUT2D eigenvalue weighted by atomic mass is 16.5. The van der Waals surface area contributed by atoms with Crippen LogP contribution in [0.1, 0.15) is 29.7 Å². The van der Waals surface area contributed by atoms with Crippen molar-refractivity contribution < 1.29 is 19.1 Å². The number of carbonyl (C=O) groups excluding carboxylic acids is 2. The second kappa shape index (κ2) is 9.59. The molecule has 27 heavy (non-hydrogen) atoms. The number of carbonyl (C=O) groups is 2. The first-order chi connectivity index (χ1) is 13.0. The summed E-state index contributed by atoms with van der Waals surface area (Å²) in [6.45, 7) is 2.47. The van der Waals surface area contributed by atoms with E-state index in [2.05, 4.69) is 10.6 Å². The quantitative estimate of drug-likeness (QED) is 0.643. The molecule has 0 aliphatic rings. The van der Waals surface area contributed by atoms with Crippen molar-refractivity contribution in [3.8, 4) is 11.5 Å². The summed E-state index contributed by atoms with van der Waals surface area (Å²) in [5.74, 6) is -0.245. The summed E-state index contributed by atoms with van der Waals surface area (Å²) in [5.41, 5.74) is 8.25. The topological polar surface area (TPSA) is 103 Å². The Bertz CT molecular complexity index is 808. The Morgan fingerprint density at radius 2 is 1.70 bits per heavy atom. The van der Waals surface area contributed by atoms with Gasteiger partial charge in [-0.25, -0.2) is 0 Å². The first kappa shape index (κ1) is 20.3. The lowest BCUT2D eigenvalue weighted by Crippen LogP contribution is -2.40. The minimum atomic E-state index is -0.702. The molecule has 2 rings (SSSR count). The number of ether oxygens (including phenoxy) is 2. The molecule has 1 atom stereocenters. The summed E-state index contributed by atoms with van der Waals surface area (Å²) in [5, 5.41) is 5.29. The smallest absolute Gasteiger partial charge is 0.309 e. The van der Waals surface area contributed by atoms with Crippen LogP contribution in [-0.4, -0.2) is 26.0 Å². The molecule has 0 spiro atoms. The predicted octanol–water partition coefficient (Wildman–Crippen LogP) is 1.66. The molecule has 1 unspecified atom stereocenters. The van der Waals surface area contributed by atoms with Crippen LogP contribution in [0, 0.1) is 0 Å². The van der Waals surface area contributed by atoms with Gasteiger partial charge in [0.25, 0.3) is 0 Å². The molecule has 0 saturated heterocycles. The van der Waals surface area contributed by atoms with E-state index in [4.69, 9.17) is 15.2 Å². The second-order valence-corrected chi connectivity index (χ2v) is 6.02. The van der Waals surface area contributed by atoms with Crippen molar-refractivity contribution >= 4 is 11.8 Å². The van der Waals surface area contributed by atoms with Gasteiger partial charge in [0.05, 0.1) is 20.3 Å². The minimum Gasteiger partial charge on any atom is -0.493 e. The fraction of sp³-hybridized carbons (Fsp3) is 0.300. The van der Waals surface area contributed by atoms with E-state index in [1.54, 1.807) is 26.2 Å². The normalized spacial score (nSPS) is 11.4. The van der Waals surface area contributed by atoms with Gasteiger partial charge in [0.15, 0.2) is 11.5 Å². The molecule has 144 valence electrons. The van der Waals surface area contributed by atoms with Crippen molar-refractivity contribution in [1.29, 1.82) is 0 Å². The molecule has 0 heterocycles. The number of hydrogen-bond donors (Lipinski definition) is 3. The highest BCUT2D eigenvalue weighted by molar-refractivity contribution is 6.35. The van der Waals surface area contributed by atoms with Crippen LogP contribution in [0.15, 0.2) is 42.5 Å². The highest BCUT2D eigenvalue weighted by Crippen LogP contribution is 2.29. The molecule has 0 saturated carbocycles. The fourth-order valence-electron chi connectivity index (χ4n) is 2.60. The van der Waals surface area contributed by atoms with Crippen molar-refractivity contribution in [3.05, 3.63) is 59.2 Å². The third-order valence-electron chi connectivity index (χ3n) is 4.14. The molecule has 0 aliphatic carbocycles. The molecular formula is C20H25N3O4. The average Bonchev–Trinajstić information content (AvgIpc) is 2.71. The summed E-state index contributed by atoms with van der Waals surface area (Å²) in [4.78, 5) is 24.2. The summed E-state index contributed by atoms with van der Waals surface area (Å²) >= 11 is 0. The molecule has 0 aliphatic heterocycles. The number of nitrogens with two attached hydrogens (primary N) is 1. The highest BCUT2D eigenvalue weighted by Gasteiger charge is 2.18. The van der Waals surface area contributed by atoms with Crippen LogP contribution >= 0.6 is 0 Å².